The lowest BCUT2D eigenvalue weighted by atomic mass is 10.0. The van der Waals surface area contributed by atoms with Crippen LogP contribution in [-0.4, -0.2) is 52.9 Å². The van der Waals surface area contributed by atoms with Crippen LogP contribution < -0.4 is 10.6 Å². The van der Waals surface area contributed by atoms with E-state index in [2.05, 4.69) is 20.6 Å². The molecule has 9 heteroatoms. The van der Waals surface area contributed by atoms with Crippen LogP contribution in [0.25, 0.3) is 11.0 Å². The molecule has 2 heterocycles. The van der Waals surface area contributed by atoms with Crippen LogP contribution >= 0.6 is 24.8 Å². The number of halogens is 2. The van der Waals surface area contributed by atoms with Crippen LogP contribution in [0.4, 0.5) is 5.69 Å². The maximum atomic E-state index is 12.9. The van der Waals surface area contributed by atoms with Crippen molar-refractivity contribution in [3.05, 3.63) is 59.9 Å². The maximum absolute atomic E-state index is 12.9. The molecule has 0 radical (unpaired) electrons. The van der Waals surface area contributed by atoms with Crippen molar-refractivity contribution in [1.29, 1.82) is 0 Å². The van der Waals surface area contributed by atoms with Gasteiger partial charge < -0.3 is 20.5 Å². The Hall–Kier alpha value is -2.61. The summed E-state index contributed by atoms with van der Waals surface area (Å²) in [6.07, 6.45) is 3.50. The number of benzene rings is 2. The molecule has 1 aliphatic rings. The fraction of sp³-hybridized carbons (Fsp3) is 0.286. The smallest absolute Gasteiger partial charge is 0.255 e. The number of nitrogens with zero attached hydrogens (tertiary/aromatic N) is 2. The van der Waals surface area contributed by atoms with Crippen molar-refractivity contribution >= 4 is 53.3 Å². The number of H-pyrrole nitrogens is 1. The van der Waals surface area contributed by atoms with Crippen LogP contribution in [0.3, 0.4) is 0 Å². The third kappa shape index (κ3) is 5.11. The number of hydrogen-bond donors (Lipinski definition) is 3. The van der Waals surface area contributed by atoms with Crippen molar-refractivity contribution in [3.63, 3.8) is 0 Å². The van der Waals surface area contributed by atoms with Gasteiger partial charge in [-0.2, -0.15) is 0 Å². The SMILES string of the molecule is CN(C(=O)c1cccc(NC(=O)c2ccc3nc[nH]c3c2)c1)C1CCNCC1.Cl.Cl. The van der Waals surface area contributed by atoms with Crippen LogP contribution in [0.15, 0.2) is 48.8 Å². The maximum Gasteiger partial charge on any atom is 0.255 e. The number of piperidine rings is 1. The quantitative estimate of drug-likeness (QED) is 0.568. The number of imidazole rings is 1. The Kier molecular flexibility index (Phi) is 8.23. The van der Waals surface area contributed by atoms with Crippen LogP contribution in [0.1, 0.15) is 33.6 Å². The predicted octanol–water partition coefficient (Wildman–Crippen LogP) is 3.48. The zero-order chi connectivity index (χ0) is 19.5. The van der Waals surface area contributed by atoms with Crippen molar-refractivity contribution in [1.82, 2.24) is 20.2 Å². The lowest BCUT2D eigenvalue weighted by Crippen LogP contribution is -2.43. The predicted molar refractivity (Wildman–Crippen MR) is 123 cm³/mol. The first-order valence-electron chi connectivity index (χ1n) is 9.44. The van der Waals surface area contributed by atoms with Gasteiger partial charge in [0, 0.05) is 29.9 Å². The van der Waals surface area contributed by atoms with E-state index in [1.54, 1.807) is 48.8 Å². The van der Waals surface area contributed by atoms with E-state index in [1.807, 2.05) is 11.9 Å². The third-order valence-corrected chi connectivity index (χ3v) is 5.23. The van der Waals surface area contributed by atoms with Crippen molar-refractivity contribution < 1.29 is 9.59 Å². The Morgan fingerprint density at radius 3 is 2.60 bits per heavy atom. The van der Waals surface area contributed by atoms with E-state index in [-0.39, 0.29) is 42.7 Å². The van der Waals surface area contributed by atoms with Gasteiger partial charge in [-0.3, -0.25) is 9.59 Å². The van der Waals surface area contributed by atoms with E-state index in [0.717, 1.165) is 37.0 Å². The number of fused-ring (bicyclic) bond motifs is 1. The first-order chi connectivity index (χ1) is 13.6. The minimum atomic E-state index is -0.229. The van der Waals surface area contributed by atoms with Gasteiger partial charge in [0.1, 0.15) is 0 Å². The van der Waals surface area contributed by atoms with Crippen molar-refractivity contribution in [3.8, 4) is 0 Å². The van der Waals surface area contributed by atoms with E-state index in [1.165, 1.54) is 0 Å². The van der Waals surface area contributed by atoms with Gasteiger partial charge in [-0.15, -0.1) is 24.8 Å². The Morgan fingerprint density at radius 1 is 1.07 bits per heavy atom. The van der Waals surface area contributed by atoms with E-state index >= 15 is 0 Å². The summed E-state index contributed by atoms with van der Waals surface area (Å²) < 4.78 is 0. The lowest BCUT2D eigenvalue weighted by molar-refractivity contribution is 0.0703. The molecule has 3 N–H and O–H groups in total. The molecule has 2 aromatic carbocycles. The average molecular weight is 450 g/mol. The molecule has 0 aliphatic carbocycles. The summed E-state index contributed by atoms with van der Waals surface area (Å²) >= 11 is 0. The fourth-order valence-electron chi connectivity index (χ4n) is 3.57. The lowest BCUT2D eigenvalue weighted by Gasteiger charge is -2.31. The second-order valence-corrected chi connectivity index (χ2v) is 7.07. The molecule has 1 aliphatic heterocycles. The molecule has 1 fully saturated rings. The minimum Gasteiger partial charge on any atom is -0.345 e. The normalized spacial score (nSPS) is 13.8. The summed E-state index contributed by atoms with van der Waals surface area (Å²) in [5.74, 6) is -0.255. The Morgan fingerprint density at radius 2 is 1.83 bits per heavy atom. The fourth-order valence-corrected chi connectivity index (χ4v) is 3.57. The summed E-state index contributed by atoms with van der Waals surface area (Å²) in [5.41, 5.74) is 3.31. The highest BCUT2D eigenvalue weighted by Gasteiger charge is 2.23. The molecular formula is C21H25Cl2N5O2. The van der Waals surface area contributed by atoms with Crippen molar-refractivity contribution in [2.24, 2.45) is 0 Å². The second kappa shape index (κ2) is 10.4. The number of anilines is 1. The highest BCUT2D eigenvalue weighted by atomic mass is 35.5. The third-order valence-electron chi connectivity index (χ3n) is 5.23. The number of aromatic amines is 1. The van der Waals surface area contributed by atoms with Crippen LogP contribution in [0.5, 0.6) is 0 Å². The molecule has 0 bridgehead atoms. The second-order valence-electron chi connectivity index (χ2n) is 7.07. The first-order valence-corrected chi connectivity index (χ1v) is 9.44. The van der Waals surface area contributed by atoms with Gasteiger partial charge in [-0.05, 0) is 62.3 Å². The van der Waals surface area contributed by atoms with E-state index in [0.29, 0.717) is 16.8 Å². The molecule has 3 aromatic rings. The zero-order valence-electron chi connectivity index (χ0n) is 16.6. The topological polar surface area (TPSA) is 90.1 Å². The molecule has 2 amide bonds. The molecule has 1 aromatic heterocycles. The largest absolute Gasteiger partial charge is 0.345 e. The van der Waals surface area contributed by atoms with Crippen molar-refractivity contribution in [2.75, 3.05) is 25.5 Å². The first kappa shape index (κ1) is 23.7. The van der Waals surface area contributed by atoms with E-state index in [4.69, 9.17) is 0 Å². The van der Waals surface area contributed by atoms with E-state index in [9.17, 15) is 9.59 Å². The van der Waals surface area contributed by atoms with Crippen LogP contribution in [-0.2, 0) is 0 Å². The molecule has 7 nitrogen and oxygen atoms in total. The van der Waals surface area contributed by atoms with Gasteiger partial charge >= 0.3 is 0 Å². The molecule has 4 rings (SSSR count). The summed E-state index contributed by atoms with van der Waals surface area (Å²) in [6, 6.07) is 12.6. The monoisotopic (exact) mass is 449 g/mol. The molecule has 160 valence electrons. The average Bonchev–Trinajstić information content (AvgIpc) is 3.21. The van der Waals surface area contributed by atoms with Crippen LogP contribution in [0, 0.1) is 0 Å². The van der Waals surface area contributed by atoms with Gasteiger partial charge in [-0.25, -0.2) is 4.98 Å². The highest BCUT2D eigenvalue weighted by molar-refractivity contribution is 6.06. The number of hydrogen-bond acceptors (Lipinski definition) is 4. The zero-order valence-corrected chi connectivity index (χ0v) is 18.2. The minimum absolute atomic E-state index is 0. The highest BCUT2D eigenvalue weighted by Crippen LogP contribution is 2.18. The molecule has 30 heavy (non-hydrogen) atoms. The van der Waals surface area contributed by atoms with E-state index < -0.39 is 0 Å². The molecule has 0 atom stereocenters. The summed E-state index contributed by atoms with van der Waals surface area (Å²) in [4.78, 5) is 34.4. The van der Waals surface area contributed by atoms with Gasteiger partial charge in [0.25, 0.3) is 11.8 Å². The Bertz CT molecular complexity index is 1020. The van der Waals surface area contributed by atoms with Crippen molar-refractivity contribution in [2.45, 2.75) is 18.9 Å². The van der Waals surface area contributed by atoms with Crippen LogP contribution in [0.2, 0.25) is 0 Å². The molecule has 0 spiro atoms. The Balaban J connectivity index is 0.00000160. The number of carbonyl (C=O) groups excluding carboxylic acids is 2. The van der Waals surface area contributed by atoms with Gasteiger partial charge in [0.05, 0.1) is 17.4 Å². The van der Waals surface area contributed by atoms with Gasteiger partial charge in [0.2, 0.25) is 0 Å². The van der Waals surface area contributed by atoms with Gasteiger partial charge in [-0.1, -0.05) is 6.07 Å². The molecule has 1 saturated heterocycles. The Labute approximate surface area is 187 Å². The number of carbonyl (C=O) groups is 2. The number of aromatic nitrogens is 2. The summed E-state index contributed by atoms with van der Waals surface area (Å²) in [6.45, 7) is 1.86. The number of amides is 2. The summed E-state index contributed by atoms with van der Waals surface area (Å²) in [7, 11) is 1.85. The number of rotatable bonds is 4. The molecular weight excluding hydrogens is 425 g/mol. The van der Waals surface area contributed by atoms with Gasteiger partial charge in [0.15, 0.2) is 0 Å². The standard InChI is InChI=1S/C21H23N5O2.2ClH/c1-26(17-7-9-22-10-8-17)21(28)15-3-2-4-16(11-15)25-20(27)14-5-6-18-19(12-14)24-13-23-18;;/h2-6,11-13,17,22H,7-10H2,1H3,(H,23,24)(H,25,27);2*1H. The molecule has 0 saturated carbocycles. The summed E-state index contributed by atoms with van der Waals surface area (Å²) in [5, 5.41) is 6.19. The number of nitrogens with one attached hydrogen (secondary N) is 3. The molecule has 0 unspecified atom stereocenters.